The van der Waals surface area contributed by atoms with E-state index in [0.29, 0.717) is 28.9 Å². The summed E-state index contributed by atoms with van der Waals surface area (Å²) < 4.78 is 0. The summed E-state index contributed by atoms with van der Waals surface area (Å²) in [6.07, 6.45) is 1.83. The van der Waals surface area contributed by atoms with E-state index in [-0.39, 0.29) is 5.91 Å². The van der Waals surface area contributed by atoms with Crippen LogP contribution in [-0.2, 0) is 4.79 Å². The number of amides is 1. The summed E-state index contributed by atoms with van der Waals surface area (Å²) in [6.45, 7) is 1.32. The number of unbranched alkanes of at least 4 members (excludes halogenated alkanes) is 1. The molecule has 0 atom stereocenters. The molecule has 6 heteroatoms. The average Bonchev–Trinajstić information content (AvgIpc) is 2.36. The van der Waals surface area contributed by atoms with E-state index in [0.717, 1.165) is 17.7 Å². The summed E-state index contributed by atoms with van der Waals surface area (Å²) in [4.78, 5) is 12.4. The maximum atomic E-state index is 11.5. The van der Waals surface area contributed by atoms with Crippen LogP contribution in [0, 0.1) is 0 Å². The zero-order valence-electron chi connectivity index (χ0n) is 9.92. The van der Waals surface area contributed by atoms with E-state index in [4.69, 9.17) is 28.9 Å². The Hall–Kier alpha value is -0.420. The lowest BCUT2D eigenvalue weighted by Crippen LogP contribution is -2.26. The van der Waals surface area contributed by atoms with Crippen molar-refractivity contribution in [1.29, 1.82) is 0 Å². The Balaban J connectivity index is 2.31. The van der Waals surface area contributed by atoms with Crippen molar-refractivity contribution in [1.82, 2.24) is 5.32 Å². The molecule has 0 heterocycles. The van der Waals surface area contributed by atoms with Gasteiger partial charge in [-0.3, -0.25) is 4.79 Å². The van der Waals surface area contributed by atoms with Crippen LogP contribution in [0.15, 0.2) is 23.1 Å². The lowest BCUT2D eigenvalue weighted by Gasteiger charge is -2.06. The molecule has 3 N–H and O–H groups in total. The van der Waals surface area contributed by atoms with Gasteiger partial charge >= 0.3 is 0 Å². The quantitative estimate of drug-likeness (QED) is 0.601. The topological polar surface area (TPSA) is 55.1 Å². The highest BCUT2D eigenvalue weighted by atomic mass is 35.5. The number of nitrogens with one attached hydrogen (secondary N) is 1. The second-order valence-electron chi connectivity index (χ2n) is 3.71. The van der Waals surface area contributed by atoms with Gasteiger partial charge in [0.1, 0.15) is 0 Å². The Morgan fingerprint density at radius 2 is 2.11 bits per heavy atom. The third-order valence-corrected chi connectivity index (χ3v) is 3.94. The molecule has 0 aliphatic rings. The zero-order chi connectivity index (χ0) is 13.4. The molecule has 1 aromatic carbocycles. The minimum atomic E-state index is -0.00642. The van der Waals surface area contributed by atoms with E-state index in [1.807, 2.05) is 0 Å². The van der Waals surface area contributed by atoms with Gasteiger partial charge in [-0.2, -0.15) is 0 Å². The summed E-state index contributed by atoms with van der Waals surface area (Å²) in [5.41, 5.74) is 5.37. The Morgan fingerprint density at radius 3 is 2.83 bits per heavy atom. The van der Waals surface area contributed by atoms with Crippen molar-refractivity contribution < 1.29 is 4.79 Å². The molecule has 18 heavy (non-hydrogen) atoms. The maximum absolute atomic E-state index is 11.5. The van der Waals surface area contributed by atoms with Gasteiger partial charge in [0.2, 0.25) is 5.91 Å². The number of thioether (sulfide) groups is 1. The highest BCUT2D eigenvalue weighted by Crippen LogP contribution is 2.29. The molecule has 0 unspecified atom stereocenters. The first-order valence-corrected chi connectivity index (χ1v) is 7.42. The van der Waals surface area contributed by atoms with Gasteiger partial charge in [-0.15, -0.1) is 11.8 Å². The normalized spacial score (nSPS) is 10.4. The fourth-order valence-corrected chi connectivity index (χ4v) is 2.60. The molecule has 3 nitrogen and oxygen atoms in total. The van der Waals surface area contributed by atoms with Gasteiger partial charge in [0.15, 0.2) is 0 Å². The summed E-state index contributed by atoms with van der Waals surface area (Å²) in [5.74, 6) is 0.330. The minimum absolute atomic E-state index is 0.00642. The molecule has 0 radical (unpaired) electrons. The van der Waals surface area contributed by atoms with Crippen molar-refractivity contribution >= 4 is 40.9 Å². The van der Waals surface area contributed by atoms with Crippen LogP contribution in [0.25, 0.3) is 0 Å². The number of halogens is 2. The van der Waals surface area contributed by atoms with Crippen LogP contribution in [0.5, 0.6) is 0 Å². The third kappa shape index (κ3) is 5.96. The van der Waals surface area contributed by atoms with Gasteiger partial charge in [0.05, 0.1) is 10.8 Å². The van der Waals surface area contributed by atoms with Crippen molar-refractivity contribution in [3.63, 3.8) is 0 Å². The van der Waals surface area contributed by atoms with Gasteiger partial charge in [0.25, 0.3) is 0 Å². The van der Waals surface area contributed by atoms with E-state index in [1.165, 1.54) is 11.8 Å². The van der Waals surface area contributed by atoms with Crippen molar-refractivity contribution in [3.8, 4) is 0 Å². The molecule has 0 aliphatic carbocycles. The molecular formula is C12H16Cl2N2OS. The number of benzene rings is 1. The molecular weight excluding hydrogens is 291 g/mol. The molecule has 0 spiro atoms. The molecule has 1 rings (SSSR count). The first-order chi connectivity index (χ1) is 8.63. The van der Waals surface area contributed by atoms with Crippen LogP contribution in [0.3, 0.4) is 0 Å². The summed E-state index contributed by atoms with van der Waals surface area (Å²) >= 11 is 13.2. The number of carbonyl (C=O) groups excluding carboxylic acids is 1. The van der Waals surface area contributed by atoms with Crippen LogP contribution >= 0.6 is 35.0 Å². The van der Waals surface area contributed by atoms with E-state index in [9.17, 15) is 4.79 Å². The number of hydrogen-bond donors (Lipinski definition) is 2. The smallest absolute Gasteiger partial charge is 0.230 e. The standard InChI is InChI=1S/C12H16Cl2N2OS/c13-9-3-4-10(14)11(7-9)18-8-12(17)16-6-2-1-5-15/h3-4,7H,1-2,5-6,8,15H2,(H,16,17). The third-order valence-electron chi connectivity index (χ3n) is 2.21. The van der Waals surface area contributed by atoms with Gasteiger partial charge in [0, 0.05) is 16.5 Å². The molecule has 0 aromatic heterocycles. The van der Waals surface area contributed by atoms with Crippen LogP contribution in [0.2, 0.25) is 10.0 Å². The van der Waals surface area contributed by atoms with Crippen LogP contribution in [-0.4, -0.2) is 24.7 Å². The molecule has 0 saturated heterocycles. The summed E-state index contributed by atoms with van der Waals surface area (Å²) in [7, 11) is 0. The highest BCUT2D eigenvalue weighted by Gasteiger charge is 2.06. The molecule has 0 bridgehead atoms. The van der Waals surface area contributed by atoms with Crippen LogP contribution in [0.4, 0.5) is 0 Å². The van der Waals surface area contributed by atoms with Gasteiger partial charge in [-0.05, 0) is 37.6 Å². The Morgan fingerprint density at radius 1 is 1.33 bits per heavy atom. The molecule has 0 fully saturated rings. The fourth-order valence-electron chi connectivity index (χ4n) is 1.28. The predicted octanol–water partition coefficient (Wildman–Crippen LogP) is 2.94. The lowest BCUT2D eigenvalue weighted by molar-refractivity contribution is -0.118. The van der Waals surface area contributed by atoms with Gasteiger partial charge in [-0.1, -0.05) is 23.2 Å². The highest BCUT2D eigenvalue weighted by molar-refractivity contribution is 8.00. The van der Waals surface area contributed by atoms with E-state index in [2.05, 4.69) is 5.32 Å². The first kappa shape index (κ1) is 15.6. The number of hydrogen-bond acceptors (Lipinski definition) is 3. The van der Waals surface area contributed by atoms with Crippen molar-refractivity contribution in [3.05, 3.63) is 28.2 Å². The Labute approximate surface area is 121 Å². The van der Waals surface area contributed by atoms with Gasteiger partial charge < -0.3 is 11.1 Å². The second-order valence-corrected chi connectivity index (χ2v) is 5.57. The zero-order valence-corrected chi connectivity index (χ0v) is 12.2. The van der Waals surface area contributed by atoms with Crippen molar-refractivity contribution in [2.75, 3.05) is 18.8 Å². The van der Waals surface area contributed by atoms with Gasteiger partial charge in [-0.25, -0.2) is 0 Å². The second kappa shape index (κ2) is 8.64. The summed E-state index contributed by atoms with van der Waals surface area (Å²) in [6, 6.07) is 5.21. The molecule has 0 aliphatic heterocycles. The predicted molar refractivity (Wildman–Crippen MR) is 78.5 cm³/mol. The lowest BCUT2D eigenvalue weighted by atomic mass is 10.3. The Kier molecular flexibility index (Phi) is 7.51. The van der Waals surface area contributed by atoms with Crippen molar-refractivity contribution in [2.24, 2.45) is 5.73 Å². The first-order valence-electron chi connectivity index (χ1n) is 5.68. The minimum Gasteiger partial charge on any atom is -0.355 e. The molecule has 100 valence electrons. The van der Waals surface area contributed by atoms with E-state index >= 15 is 0 Å². The maximum Gasteiger partial charge on any atom is 0.230 e. The summed E-state index contributed by atoms with van der Waals surface area (Å²) in [5, 5.41) is 4.06. The van der Waals surface area contributed by atoms with Crippen molar-refractivity contribution in [2.45, 2.75) is 17.7 Å². The van der Waals surface area contributed by atoms with Crippen LogP contribution in [0.1, 0.15) is 12.8 Å². The fraction of sp³-hybridized carbons (Fsp3) is 0.417. The monoisotopic (exact) mass is 306 g/mol. The molecule has 1 amide bonds. The molecule has 0 saturated carbocycles. The van der Waals surface area contributed by atoms with E-state index in [1.54, 1.807) is 18.2 Å². The Bertz CT molecular complexity index is 402. The largest absolute Gasteiger partial charge is 0.355 e. The average molecular weight is 307 g/mol. The van der Waals surface area contributed by atoms with Crippen LogP contribution < -0.4 is 11.1 Å². The number of carbonyl (C=O) groups is 1. The van der Waals surface area contributed by atoms with E-state index < -0.39 is 0 Å². The number of rotatable bonds is 7. The molecule has 1 aromatic rings. The number of nitrogens with two attached hydrogens (primary N) is 1. The SMILES string of the molecule is NCCCCNC(=O)CSc1cc(Cl)ccc1Cl.